The molecule has 1 aliphatic rings. The van der Waals surface area contributed by atoms with E-state index in [1.54, 1.807) is 0 Å². The fraction of sp³-hybridized carbons (Fsp3) is 0.500. The predicted molar refractivity (Wildman–Crippen MR) is 89.2 cm³/mol. The molecule has 0 unspecified atom stereocenters. The Morgan fingerprint density at radius 2 is 2.22 bits per heavy atom. The van der Waals surface area contributed by atoms with Gasteiger partial charge in [-0.1, -0.05) is 6.92 Å². The minimum Gasteiger partial charge on any atom is -0.343 e. The monoisotopic (exact) mass is 312 g/mol. The molecule has 1 N–H and O–H groups in total. The lowest BCUT2D eigenvalue weighted by atomic mass is 10.1. The van der Waals surface area contributed by atoms with Crippen LogP contribution < -0.4 is 5.32 Å². The molecule has 1 amide bonds. The summed E-state index contributed by atoms with van der Waals surface area (Å²) < 4.78 is 1.85. The first kappa shape index (κ1) is 15.7. The molecule has 0 bridgehead atoms. The molecule has 1 fully saturated rings. The Balaban J connectivity index is 1.79. The number of pyridine rings is 1. The molecule has 0 aromatic carbocycles. The van der Waals surface area contributed by atoms with Gasteiger partial charge in [0.25, 0.3) is 5.91 Å². The van der Waals surface area contributed by atoms with Gasteiger partial charge in [0.2, 0.25) is 0 Å². The van der Waals surface area contributed by atoms with Crippen molar-refractivity contribution in [3.05, 3.63) is 47.0 Å². The van der Waals surface area contributed by atoms with Crippen LogP contribution in [0.5, 0.6) is 0 Å². The minimum absolute atomic E-state index is 0.00340. The van der Waals surface area contributed by atoms with E-state index in [2.05, 4.69) is 35.3 Å². The van der Waals surface area contributed by atoms with Gasteiger partial charge in [-0.3, -0.25) is 14.5 Å². The zero-order valence-corrected chi connectivity index (χ0v) is 14.0. The summed E-state index contributed by atoms with van der Waals surface area (Å²) >= 11 is 0. The summed E-state index contributed by atoms with van der Waals surface area (Å²) in [5, 5.41) is 7.60. The molecule has 23 heavy (non-hydrogen) atoms. The van der Waals surface area contributed by atoms with E-state index in [9.17, 15) is 4.79 Å². The van der Waals surface area contributed by atoms with Gasteiger partial charge >= 0.3 is 0 Å². The summed E-state index contributed by atoms with van der Waals surface area (Å²) in [7, 11) is 0. The smallest absolute Gasteiger partial charge is 0.255 e. The molecule has 0 radical (unpaired) electrons. The van der Waals surface area contributed by atoms with E-state index in [0.717, 1.165) is 37.2 Å². The molecular weight excluding hydrogens is 288 g/mol. The normalized spacial score (nSPS) is 15.4. The van der Waals surface area contributed by atoms with Crippen molar-refractivity contribution >= 4 is 5.91 Å². The molecule has 1 saturated carbocycles. The van der Waals surface area contributed by atoms with Crippen LogP contribution in [-0.4, -0.2) is 20.7 Å². The average molecular weight is 312 g/mol. The minimum atomic E-state index is -0.0509. The Kier molecular flexibility index (Phi) is 4.46. The molecule has 5 heteroatoms. The lowest BCUT2D eigenvalue weighted by molar-refractivity contribution is 0.0930. The second-order valence-corrected chi connectivity index (χ2v) is 6.44. The maximum absolute atomic E-state index is 12.7. The molecule has 1 atom stereocenters. The molecule has 1 aliphatic carbocycles. The summed E-state index contributed by atoms with van der Waals surface area (Å²) in [6.45, 7) is 6.87. The highest BCUT2D eigenvalue weighted by atomic mass is 16.1. The van der Waals surface area contributed by atoms with Crippen LogP contribution >= 0.6 is 0 Å². The van der Waals surface area contributed by atoms with Gasteiger partial charge in [0.15, 0.2) is 0 Å². The number of amides is 1. The van der Waals surface area contributed by atoms with Crippen molar-refractivity contribution in [2.24, 2.45) is 5.92 Å². The molecule has 3 rings (SSSR count). The molecule has 0 aliphatic heterocycles. The van der Waals surface area contributed by atoms with E-state index in [1.807, 2.05) is 30.1 Å². The summed E-state index contributed by atoms with van der Waals surface area (Å²) in [5.41, 5.74) is 3.57. The molecule has 2 heterocycles. The first-order chi connectivity index (χ1) is 11.1. The van der Waals surface area contributed by atoms with Crippen molar-refractivity contribution in [3.8, 4) is 0 Å². The number of aryl methyl sites for hydroxylation is 3. The van der Waals surface area contributed by atoms with Crippen molar-refractivity contribution in [2.45, 2.75) is 52.6 Å². The highest BCUT2D eigenvalue weighted by Gasteiger charge is 2.35. The van der Waals surface area contributed by atoms with Crippen LogP contribution in [0.25, 0.3) is 0 Å². The number of carbonyl (C=O) groups is 1. The van der Waals surface area contributed by atoms with Crippen LogP contribution in [0, 0.1) is 19.8 Å². The van der Waals surface area contributed by atoms with Gasteiger partial charge in [0, 0.05) is 18.9 Å². The second-order valence-electron chi connectivity index (χ2n) is 6.44. The quantitative estimate of drug-likeness (QED) is 0.891. The van der Waals surface area contributed by atoms with Gasteiger partial charge in [-0.15, -0.1) is 0 Å². The van der Waals surface area contributed by atoms with Crippen LogP contribution in [0.1, 0.15) is 59.5 Å². The first-order valence-electron chi connectivity index (χ1n) is 8.36. The van der Waals surface area contributed by atoms with Crippen molar-refractivity contribution < 1.29 is 4.79 Å². The highest BCUT2D eigenvalue weighted by Crippen LogP contribution is 2.40. The number of hydrogen-bond acceptors (Lipinski definition) is 3. The number of carbonyl (C=O) groups excluding carboxylic acids is 1. The van der Waals surface area contributed by atoms with Gasteiger partial charge in [-0.25, -0.2) is 0 Å². The predicted octanol–water partition coefficient (Wildman–Crippen LogP) is 3.19. The fourth-order valence-corrected chi connectivity index (χ4v) is 2.90. The number of nitrogens with zero attached hydrogens (tertiary/aromatic N) is 3. The molecule has 2 aromatic rings. The number of aromatic nitrogens is 3. The van der Waals surface area contributed by atoms with Gasteiger partial charge in [-0.05, 0) is 56.7 Å². The van der Waals surface area contributed by atoms with Crippen LogP contribution in [0.3, 0.4) is 0 Å². The van der Waals surface area contributed by atoms with E-state index in [4.69, 9.17) is 0 Å². The van der Waals surface area contributed by atoms with Crippen molar-refractivity contribution in [2.75, 3.05) is 0 Å². The first-order valence-corrected chi connectivity index (χ1v) is 8.36. The summed E-state index contributed by atoms with van der Waals surface area (Å²) in [5.74, 6) is 0.448. The topological polar surface area (TPSA) is 59.8 Å². The molecule has 5 nitrogen and oxygen atoms in total. The summed E-state index contributed by atoms with van der Waals surface area (Å²) in [6, 6.07) is 4.04. The standard InChI is InChI=1S/C18H24N4O/c1-4-9-22-11-15(13(3)21-22)18(23)20-17(14-5-6-14)16-10-12(2)7-8-19-16/h7-8,10-11,14,17H,4-6,9H2,1-3H3,(H,20,23)/t17-/m0/s1. The lowest BCUT2D eigenvalue weighted by Crippen LogP contribution is -2.30. The molecule has 0 spiro atoms. The highest BCUT2D eigenvalue weighted by molar-refractivity contribution is 5.95. The van der Waals surface area contributed by atoms with Crippen LogP contribution in [0.4, 0.5) is 0 Å². The maximum atomic E-state index is 12.7. The maximum Gasteiger partial charge on any atom is 0.255 e. The largest absolute Gasteiger partial charge is 0.343 e. The number of hydrogen-bond donors (Lipinski definition) is 1. The molecular formula is C18H24N4O. The number of nitrogens with one attached hydrogen (secondary N) is 1. The average Bonchev–Trinajstić information content (AvgIpc) is 3.28. The van der Waals surface area contributed by atoms with Crippen molar-refractivity contribution in [3.63, 3.8) is 0 Å². The van der Waals surface area contributed by atoms with E-state index < -0.39 is 0 Å². The SMILES string of the molecule is CCCn1cc(C(=O)N[C@H](c2cc(C)ccn2)C2CC2)c(C)n1. The number of rotatable bonds is 6. The second kappa shape index (κ2) is 6.52. The zero-order valence-electron chi connectivity index (χ0n) is 14.0. The van der Waals surface area contributed by atoms with Crippen LogP contribution in [-0.2, 0) is 6.54 Å². The Hall–Kier alpha value is -2.17. The van der Waals surface area contributed by atoms with Crippen LogP contribution in [0.15, 0.2) is 24.5 Å². The summed E-state index contributed by atoms with van der Waals surface area (Å²) in [6.07, 6.45) is 6.96. The van der Waals surface area contributed by atoms with Gasteiger partial charge in [0.05, 0.1) is 23.0 Å². The van der Waals surface area contributed by atoms with Crippen LogP contribution in [0.2, 0.25) is 0 Å². The third kappa shape index (κ3) is 3.60. The third-order valence-corrected chi connectivity index (χ3v) is 4.28. The molecule has 122 valence electrons. The van der Waals surface area contributed by atoms with E-state index in [1.165, 1.54) is 5.56 Å². The Morgan fingerprint density at radius 3 is 2.87 bits per heavy atom. The van der Waals surface area contributed by atoms with E-state index in [-0.39, 0.29) is 11.9 Å². The Labute approximate surface area is 137 Å². The Bertz CT molecular complexity index is 703. The van der Waals surface area contributed by atoms with E-state index >= 15 is 0 Å². The Morgan fingerprint density at radius 1 is 1.43 bits per heavy atom. The summed E-state index contributed by atoms with van der Waals surface area (Å²) in [4.78, 5) is 17.2. The van der Waals surface area contributed by atoms with Crippen molar-refractivity contribution in [1.82, 2.24) is 20.1 Å². The van der Waals surface area contributed by atoms with Gasteiger partial charge in [-0.2, -0.15) is 5.10 Å². The third-order valence-electron chi connectivity index (χ3n) is 4.28. The lowest BCUT2D eigenvalue weighted by Gasteiger charge is -2.18. The molecule has 0 saturated heterocycles. The molecule has 2 aromatic heterocycles. The van der Waals surface area contributed by atoms with E-state index in [0.29, 0.717) is 11.5 Å². The fourth-order valence-electron chi connectivity index (χ4n) is 2.90. The van der Waals surface area contributed by atoms with Crippen molar-refractivity contribution in [1.29, 1.82) is 0 Å². The van der Waals surface area contributed by atoms with Gasteiger partial charge in [0.1, 0.15) is 0 Å². The van der Waals surface area contributed by atoms with Gasteiger partial charge < -0.3 is 5.32 Å². The zero-order chi connectivity index (χ0) is 16.4.